The zero-order chi connectivity index (χ0) is 16.4. The van der Waals surface area contributed by atoms with Crippen LogP contribution in [0.5, 0.6) is 0 Å². The molecule has 4 heteroatoms. The van der Waals surface area contributed by atoms with E-state index < -0.39 is 0 Å². The predicted molar refractivity (Wildman–Crippen MR) is 99.1 cm³/mol. The second-order valence-corrected chi connectivity index (χ2v) is 6.21. The summed E-state index contributed by atoms with van der Waals surface area (Å²) in [5, 5.41) is 11.2. The molecule has 114 valence electrons. The van der Waals surface area contributed by atoms with Gasteiger partial charge in [-0.3, -0.25) is 0 Å². The summed E-state index contributed by atoms with van der Waals surface area (Å²) in [4.78, 5) is 8.10. The van der Waals surface area contributed by atoms with E-state index in [1.807, 2.05) is 41.8 Å². The van der Waals surface area contributed by atoms with Gasteiger partial charge in [0.1, 0.15) is 6.07 Å². The Morgan fingerprint density at radius 3 is 2.17 bits per heavy atom. The van der Waals surface area contributed by atoms with Crippen LogP contribution in [0.3, 0.4) is 0 Å². The highest BCUT2D eigenvalue weighted by Crippen LogP contribution is 2.34. The van der Waals surface area contributed by atoms with Crippen LogP contribution in [0.2, 0.25) is 0 Å². The molecule has 0 fully saturated rings. The zero-order valence-corrected chi connectivity index (χ0v) is 13.5. The third-order valence-electron chi connectivity index (χ3n) is 3.82. The zero-order valence-electron chi connectivity index (χ0n) is 12.7. The van der Waals surface area contributed by atoms with Crippen LogP contribution in [0.1, 0.15) is 16.7 Å². The molecule has 2 aromatic carbocycles. The number of hydrogen-bond donors (Lipinski definition) is 1. The lowest BCUT2D eigenvalue weighted by molar-refractivity contribution is 1.43. The van der Waals surface area contributed by atoms with Crippen LogP contribution in [0.15, 0.2) is 77.2 Å². The summed E-state index contributed by atoms with van der Waals surface area (Å²) in [6.07, 6.45) is 1.74. The minimum Gasteiger partial charge on any atom is -0.357 e. The van der Waals surface area contributed by atoms with Gasteiger partial charge in [-0.1, -0.05) is 60.7 Å². The Morgan fingerprint density at radius 2 is 1.58 bits per heavy atom. The monoisotopic (exact) mass is 327 g/mol. The van der Waals surface area contributed by atoms with E-state index in [1.54, 1.807) is 17.5 Å². The van der Waals surface area contributed by atoms with Gasteiger partial charge in [0.05, 0.1) is 27.2 Å². The quantitative estimate of drug-likeness (QED) is 0.512. The highest BCUT2D eigenvalue weighted by Gasteiger charge is 2.12. The molecule has 0 aliphatic carbocycles. The normalized spacial score (nSPS) is 10.5. The number of rotatable bonds is 3. The molecular formula is C20H13N3S. The van der Waals surface area contributed by atoms with Crippen molar-refractivity contribution in [1.29, 1.82) is 5.26 Å². The summed E-state index contributed by atoms with van der Waals surface area (Å²) in [5.74, 6) is 0. The first kappa shape index (κ1) is 14.4. The van der Waals surface area contributed by atoms with E-state index in [2.05, 4.69) is 35.3 Å². The van der Waals surface area contributed by atoms with Crippen LogP contribution >= 0.6 is 11.3 Å². The van der Waals surface area contributed by atoms with Gasteiger partial charge >= 0.3 is 0 Å². The van der Waals surface area contributed by atoms with E-state index >= 15 is 0 Å². The maximum absolute atomic E-state index is 9.17. The van der Waals surface area contributed by atoms with Gasteiger partial charge in [-0.25, -0.2) is 4.99 Å². The van der Waals surface area contributed by atoms with Gasteiger partial charge in [0.25, 0.3) is 0 Å². The van der Waals surface area contributed by atoms with Gasteiger partial charge in [0, 0.05) is 22.7 Å². The number of hydrogen-bond acceptors (Lipinski definition) is 3. The molecule has 24 heavy (non-hydrogen) atoms. The Bertz CT molecular complexity index is 1010. The minimum atomic E-state index is 0.664. The Morgan fingerprint density at radius 1 is 0.958 bits per heavy atom. The van der Waals surface area contributed by atoms with E-state index in [-0.39, 0.29) is 0 Å². The third kappa shape index (κ3) is 2.51. The summed E-state index contributed by atoms with van der Waals surface area (Å²) in [5.41, 5.74) is 5.49. The SMILES string of the molecule is N#Cc1c[nH]c2c(N=C(c3ccccc3)c3ccccc3)csc12. The molecule has 0 bridgehead atoms. The summed E-state index contributed by atoms with van der Waals surface area (Å²) in [6.45, 7) is 0. The highest BCUT2D eigenvalue weighted by atomic mass is 32.1. The average molecular weight is 327 g/mol. The summed E-state index contributed by atoms with van der Waals surface area (Å²) in [7, 11) is 0. The Labute approximate surface area is 143 Å². The summed E-state index contributed by atoms with van der Waals surface area (Å²) >= 11 is 1.54. The van der Waals surface area contributed by atoms with Crippen molar-refractivity contribution in [1.82, 2.24) is 4.98 Å². The summed E-state index contributed by atoms with van der Waals surface area (Å²) < 4.78 is 0.955. The van der Waals surface area contributed by atoms with E-state index in [0.717, 1.165) is 32.7 Å². The number of aromatic amines is 1. The Kier molecular flexibility index (Phi) is 3.70. The van der Waals surface area contributed by atoms with Crippen LogP contribution in [-0.2, 0) is 0 Å². The second-order valence-electron chi connectivity index (χ2n) is 5.33. The molecule has 0 unspecified atom stereocenters. The van der Waals surface area contributed by atoms with E-state index in [0.29, 0.717) is 5.56 Å². The van der Waals surface area contributed by atoms with Gasteiger partial charge in [0.15, 0.2) is 0 Å². The molecule has 2 heterocycles. The molecule has 0 radical (unpaired) electrons. The lowest BCUT2D eigenvalue weighted by Crippen LogP contribution is -2.02. The molecule has 4 aromatic rings. The molecule has 0 aliphatic heterocycles. The molecule has 0 spiro atoms. The Balaban J connectivity index is 1.91. The van der Waals surface area contributed by atoms with Crippen LogP contribution < -0.4 is 0 Å². The lowest BCUT2D eigenvalue weighted by atomic mass is 10.0. The first-order chi connectivity index (χ1) is 11.9. The van der Waals surface area contributed by atoms with Crippen molar-refractivity contribution in [2.75, 3.05) is 0 Å². The fourth-order valence-corrected chi connectivity index (χ4v) is 3.58. The summed E-state index contributed by atoms with van der Waals surface area (Å²) in [6, 6.07) is 22.5. The van der Waals surface area contributed by atoms with Gasteiger partial charge in [-0.2, -0.15) is 5.26 Å². The second kappa shape index (κ2) is 6.15. The van der Waals surface area contributed by atoms with E-state index in [4.69, 9.17) is 4.99 Å². The van der Waals surface area contributed by atoms with Crippen molar-refractivity contribution >= 4 is 33.0 Å². The van der Waals surface area contributed by atoms with Gasteiger partial charge < -0.3 is 4.98 Å². The molecule has 4 rings (SSSR count). The molecule has 3 nitrogen and oxygen atoms in total. The Hall–Kier alpha value is -3.16. The lowest BCUT2D eigenvalue weighted by Gasteiger charge is -2.07. The van der Waals surface area contributed by atoms with Gasteiger partial charge in [0.2, 0.25) is 0 Å². The fraction of sp³-hybridized carbons (Fsp3) is 0. The number of nitrogens with zero attached hydrogens (tertiary/aromatic N) is 2. The molecule has 2 aromatic heterocycles. The smallest absolute Gasteiger partial charge is 0.102 e. The predicted octanol–water partition coefficient (Wildman–Crippen LogP) is 5.27. The number of aromatic nitrogens is 1. The number of nitriles is 1. The van der Waals surface area contributed by atoms with E-state index in [9.17, 15) is 5.26 Å². The molecule has 0 atom stereocenters. The van der Waals surface area contributed by atoms with Gasteiger partial charge in [-0.05, 0) is 0 Å². The van der Waals surface area contributed by atoms with Crippen molar-refractivity contribution < 1.29 is 0 Å². The average Bonchev–Trinajstić information content (AvgIpc) is 3.23. The maximum atomic E-state index is 9.17. The maximum Gasteiger partial charge on any atom is 0.102 e. The molecule has 0 aliphatic rings. The molecule has 0 amide bonds. The van der Waals surface area contributed by atoms with Crippen LogP contribution in [0, 0.1) is 11.3 Å². The first-order valence-corrected chi connectivity index (χ1v) is 8.43. The van der Waals surface area contributed by atoms with E-state index in [1.165, 1.54) is 0 Å². The van der Waals surface area contributed by atoms with Crippen molar-refractivity contribution in [3.8, 4) is 6.07 Å². The molecule has 0 saturated heterocycles. The van der Waals surface area contributed by atoms with Crippen molar-refractivity contribution in [2.24, 2.45) is 4.99 Å². The fourth-order valence-electron chi connectivity index (χ4n) is 2.67. The van der Waals surface area contributed by atoms with Crippen LogP contribution in [0.4, 0.5) is 5.69 Å². The molecular weight excluding hydrogens is 314 g/mol. The topological polar surface area (TPSA) is 51.9 Å². The number of thiophene rings is 1. The molecule has 1 N–H and O–H groups in total. The minimum absolute atomic E-state index is 0.664. The number of aliphatic imine (C=N–C) groups is 1. The number of H-pyrrole nitrogens is 1. The van der Waals surface area contributed by atoms with Crippen LogP contribution in [0.25, 0.3) is 10.2 Å². The van der Waals surface area contributed by atoms with Crippen molar-refractivity contribution in [3.05, 3.63) is 88.9 Å². The van der Waals surface area contributed by atoms with Gasteiger partial charge in [-0.15, -0.1) is 11.3 Å². The largest absolute Gasteiger partial charge is 0.357 e. The molecule has 0 saturated carbocycles. The van der Waals surface area contributed by atoms with Crippen molar-refractivity contribution in [3.63, 3.8) is 0 Å². The van der Waals surface area contributed by atoms with Crippen molar-refractivity contribution in [2.45, 2.75) is 0 Å². The number of benzene rings is 2. The highest BCUT2D eigenvalue weighted by molar-refractivity contribution is 7.18. The standard InChI is InChI=1S/C20H13N3S/c21-11-16-12-22-19-17(13-24-20(16)19)23-18(14-7-3-1-4-8-14)15-9-5-2-6-10-15/h1-10,12-13,22H. The van der Waals surface area contributed by atoms with Crippen LogP contribution in [-0.4, -0.2) is 10.7 Å². The first-order valence-electron chi connectivity index (χ1n) is 7.55. The third-order valence-corrected chi connectivity index (χ3v) is 4.83. The number of fused-ring (bicyclic) bond motifs is 1. The number of nitrogens with one attached hydrogen (secondary N) is 1.